The van der Waals surface area contributed by atoms with Crippen molar-refractivity contribution in [3.8, 4) is 11.4 Å². The minimum absolute atomic E-state index is 0.519. The van der Waals surface area contributed by atoms with Gasteiger partial charge in [-0.05, 0) is 47.4 Å². The van der Waals surface area contributed by atoms with Crippen molar-refractivity contribution < 1.29 is 0 Å². The van der Waals surface area contributed by atoms with Gasteiger partial charge < -0.3 is 0 Å². The molecule has 0 N–H and O–H groups in total. The summed E-state index contributed by atoms with van der Waals surface area (Å²) in [6.07, 6.45) is 0. The van der Waals surface area contributed by atoms with Gasteiger partial charge in [0.05, 0.1) is 9.26 Å². The van der Waals surface area contributed by atoms with Crippen LogP contribution in [0.5, 0.6) is 0 Å². The predicted octanol–water partition coefficient (Wildman–Crippen LogP) is 4.82. The number of hydrogen-bond acceptors (Lipinski definition) is 3. The Morgan fingerprint density at radius 3 is 2.44 bits per heavy atom. The summed E-state index contributed by atoms with van der Waals surface area (Å²) in [6.45, 7) is 4.09. The van der Waals surface area contributed by atoms with E-state index in [-0.39, 0.29) is 0 Å². The van der Waals surface area contributed by atoms with E-state index in [1.54, 1.807) is 0 Å². The Bertz CT molecular complexity index is 534. The standard InChI is InChI=1S/C13H12ClIN2S/c1-3-18-10-6-4-9(5-7-10)13-16-8(2)11(15)12(14)17-13/h4-7H,3H2,1-2H3. The van der Waals surface area contributed by atoms with Crippen LogP contribution in [0.3, 0.4) is 0 Å². The number of rotatable bonds is 3. The van der Waals surface area contributed by atoms with E-state index in [2.05, 4.69) is 51.6 Å². The van der Waals surface area contributed by atoms with Gasteiger partial charge >= 0.3 is 0 Å². The summed E-state index contributed by atoms with van der Waals surface area (Å²) in [7, 11) is 0. The van der Waals surface area contributed by atoms with Crippen molar-refractivity contribution in [1.82, 2.24) is 9.97 Å². The molecule has 0 radical (unpaired) electrons. The molecule has 1 aromatic heterocycles. The molecule has 0 amide bonds. The summed E-state index contributed by atoms with van der Waals surface area (Å²) in [5.41, 5.74) is 1.91. The van der Waals surface area contributed by atoms with E-state index in [9.17, 15) is 0 Å². The van der Waals surface area contributed by atoms with Crippen molar-refractivity contribution >= 4 is 46.0 Å². The zero-order valence-corrected chi connectivity index (χ0v) is 13.8. The Hall–Kier alpha value is -0.330. The van der Waals surface area contributed by atoms with Crippen molar-refractivity contribution in [2.45, 2.75) is 18.7 Å². The first kappa shape index (κ1) is 14.1. The molecule has 0 saturated heterocycles. The smallest absolute Gasteiger partial charge is 0.161 e. The number of aromatic nitrogens is 2. The van der Waals surface area contributed by atoms with E-state index in [1.807, 2.05) is 30.8 Å². The number of aryl methyl sites for hydroxylation is 1. The zero-order valence-electron chi connectivity index (χ0n) is 10.1. The second-order valence-electron chi connectivity index (χ2n) is 3.69. The molecule has 1 heterocycles. The molecular formula is C13H12ClIN2S. The van der Waals surface area contributed by atoms with Gasteiger partial charge in [-0.1, -0.05) is 30.7 Å². The Kier molecular flexibility index (Phi) is 4.86. The van der Waals surface area contributed by atoms with Crippen LogP contribution in [0.2, 0.25) is 5.15 Å². The van der Waals surface area contributed by atoms with Crippen molar-refractivity contribution in [1.29, 1.82) is 0 Å². The lowest BCUT2D eigenvalue weighted by Gasteiger charge is -2.06. The van der Waals surface area contributed by atoms with E-state index in [4.69, 9.17) is 11.6 Å². The fourth-order valence-corrected chi connectivity index (χ4v) is 2.64. The molecule has 5 heteroatoms. The molecule has 0 atom stereocenters. The molecule has 0 spiro atoms. The number of benzene rings is 1. The normalized spacial score (nSPS) is 10.7. The lowest BCUT2D eigenvalue weighted by molar-refractivity contribution is 1.09. The summed E-state index contributed by atoms with van der Waals surface area (Å²) in [6, 6.07) is 8.26. The Morgan fingerprint density at radius 2 is 1.89 bits per heavy atom. The van der Waals surface area contributed by atoms with Crippen LogP contribution in [0.4, 0.5) is 0 Å². The molecule has 0 aliphatic carbocycles. The molecule has 18 heavy (non-hydrogen) atoms. The van der Waals surface area contributed by atoms with Crippen LogP contribution in [-0.2, 0) is 0 Å². The first-order valence-corrected chi connectivity index (χ1v) is 7.99. The second kappa shape index (κ2) is 6.21. The number of halogens is 2. The Balaban J connectivity index is 2.36. The van der Waals surface area contributed by atoms with E-state index in [0.717, 1.165) is 20.6 Å². The Labute approximate surface area is 130 Å². The topological polar surface area (TPSA) is 25.8 Å². The molecule has 0 fully saturated rings. The third-order valence-electron chi connectivity index (χ3n) is 2.40. The van der Waals surface area contributed by atoms with Crippen LogP contribution in [0, 0.1) is 10.5 Å². The second-order valence-corrected chi connectivity index (χ2v) is 6.47. The fraction of sp³-hybridized carbons (Fsp3) is 0.231. The van der Waals surface area contributed by atoms with Crippen molar-refractivity contribution in [2.75, 3.05) is 5.75 Å². The average Bonchev–Trinajstić information content (AvgIpc) is 2.37. The van der Waals surface area contributed by atoms with Gasteiger partial charge in [-0.15, -0.1) is 11.8 Å². The Morgan fingerprint density at radius 1 is 1.22 bits per heavy atom. The summed E-state index contributed by atoms with van der Waals surface area (Å²) in [5, 5.41) is 0.519. The first-order chi connectivity index (χ1) is 8.61. The van der Waals surface area contributed by atoms with Crippen LogP contribution in [0.15, 0.2) is 29.2 Å². The molecule has 1 aromatic carbocycles. The summed E-state index contributed by atoms with van der Waals surface area (Å²) in [5.74, 6) is 1.76. The van der Waals surface area contributed by atoms with Gasteiger partial charge in [0.2, 0.25) is 0 Å². The number of hydrogen-bond donors (Lipinski definition) is 0. The van der Waals surface area contributed by atoms with Crippen LogP contribution in [0.25, 0.3) is 11.4 Å². The van der Waals surface area contributed by atoms with Gasteiger partial charge in [0, 0.05) is 10.5 Å². The molecule has 0 bridgehead atoms. The lowest BCUT2D eigenvalue weighted by Crippen LogP contribution is -1.96. The van der Waals surface area contributed by atoms with Gasteiger partial charge in [-0.2, -0.15) is 0 Å². The minimum atomic E-state index is 0.519. The molecule has 0 aliphatic heterocycles. The van der Waals surface area contributed by atoms with Crippen LogP contribution < -0.4 is 0 Å². The van der Waals surface area contributed by atoms with Crippen LogP contribution in [0.1, 0.15) is 12.6 Å². The van der Waals surface area contributed by atoms with E-state index < -0.39 is 0 Å². The van der Waals surface area contributed by atoms with E-state index in [1.165, 1.54) is 4.90 Å². The van der Waals surface area contributed by atoms with Gasteiger partial charge in [0.15, 0.2) is 5.82 Å². The number of nitrogens with zero attached hydrogens (tertiary/aromatic N) is 2. The molecule has 0 aliphatic rings. The van der Waals surface area contributed by atoms with Gasteiger partial charge in [0.1, 0.15) is 5.15 Å². The molecule has 0 saturated carbocycles. The molecule has 94 valence electrons. The molecular weight excluding hydrogens is 379 g/mol. The van der Waals surface area contributed by atoms with Crippen LogP contribution >= 0.6 is 46.0 Å². The minimum Gasteiger partial charge on any atom is -0.232 e. The maximum Gasteiger partial charge on any atom is 0.161 e. The average molecular weight is 391 g/mol. The highest BCUT2D eigenvalue weighted by Gasteiger charge is 2.08. The number of thioether (sulfide) groups is 1. The predicted molar refractivity (Wildman–Crippen MR) is 86.3 cm³/mol. The summed E-state index contributed by atoms with van der Waals surface area (Å²) >= 11 is 10.1. The highest BCUT2D eigenvalue weighted by molar-refractivity contribution is 14.1. The van der Waals surface area contributed by atoms with Crippen molar-refractivity contribution in [3.63, 3.8) is 0 Å². The van der Waals surface area contributed by atoms with Crippen LogP contribution in [-0.4, -0.2) is 15.7 Å². The van der Waals surface area contributed by atoms with Gasteiger partial charge in [-0.25, -0.2) is 9.97 Å². The summed E-state index contributed by atoms with van der Waals surface area (Å²) < 4.78 is 0.913. The monoisotopic (exact) mass is 390 g/mol. The highest BCUT2D eigenvalue weighted by atomic mass is 127. The molecule has 2 nitrogen and oxygen atoms in total. The van der Waals surface area contributed by atoms with Gasteiger partial charge in [0.25, 0.3) is 0 Å². The van der Waals surface area contributed by atoms with Crippen molar-refractivity contribution in [3.05, 3.63) is 38.7 Å². The zero-order chi connectivity index (χ0) is 13.1. The third-order valence-corrected chi connectivity index (χ3v) is 5.18. The molecule has 2 rings (SSSR count). The fourth-order valence-electron chi connectivity index (χ4n) is 1.52. The quantitative estimate of drug-likeness (QED) is 0.427. The largest absolute Gasteiger partial charge is 0.232 e. The maximum absolute atomic E-state index is 6.09. The maximum atomic E-state index is 6.09. The lowest BCUT2D eigenvalue weighted by atomic mass is 10.2. The SMILES string of the molecule is CCSc1ccc(-c2nc(C)c(I)c(Cl)n2)cc1. The molecule has 0 unspecified atom stereocenters. The summed E-state index contributed by atoms with van der Waals surface area (Å²) in [4.78, 5) is 10.0. The van der Waals surface area contributed by atoms with Crippen molar-refractivity contribution in [2.24, 2.45) is 0 Å². The van der Waals surface area contributed by atoms with E-state index in [0.29, 0.717) is 11.0 Å². The third kappa shape index (κ3) is 3.16. The highest BCUT2D eigenvalue weighted by Crippen LogP contribution is 2.25. The molecule has 2 aromatic rings. The van der Waals surface area contributed by atoms with E-state index >= 15 is 0 Å². The first-order valence-electron chi connectivity index (χ1n) is 5.54. The van der Waals surface area contributed by atoms with Gasteiger partial charge in [-0.3, -0.25) is 0 Å².